The van der Waals surface area contributed by atoms with Crippen LogP contribution in [0, 0.1) is 0 Å². The Bertz CT molecular complexity index is 610. The van der Waals surface area contributed by atoms with Gasteiger partial charge >= 0.3 is 6.36 Å². The maximum Gasteiger partial charge on any atom is 0.573 e. The SMILES string of the molecule is CCC(C)(C)NC(=O)CN1CCN(Cc2ccc(OC(F)(F)F)cc2)CC1. The summed E-state index contributed by atoms with van der Waals surface area (Å²) in [6, 6.07) is 5.96. The fraction of sp³-hybridized carbons (Fsp3) is 0.632. The molecule has 152 valence electrons. The molecule has 1 saturated heterocycles. The highest BCUT2D eigenvalue weighted by Crippen LogP contribution is 2.23. The van der Waals surface area contributed by atoms with Crippen LogP contribution in [0.15, 0.2) is 24.3 Å². The third-order valence-corrected chi connectivity index (χ3v) is 4.76. The average molecular weight is 387 g/mol. The molecule has 2 rings (SSSR count). The van der Waals surface area contributed by atoms with Crippen LogP contribution in [0.1, 0.15) is 32.8 Å². The molecule has 1 aliphatic heterocycles. The summed E-state index contributed by atoms with van der Waals surface area (Å²) in [5, 5.41) is 3.04. The van der Waals surface area contributed by atoms with Crippen LogP contribution >= 0.6 is 0 Å². The van der Waals surface area contributed by atoms with Crippen molar-refractivity contribution in [2.75, 3.05) is 32.7 Å². The van der Waals surface area contributed by atoms with Gasteiger partial charge in [0.2, 0.25) is 5.91 Å². The Morgan fingerprint density at radius 3 is 2.15 bits per heavy atom. The van der Waals surface area contributed by atoms with E-state index in [1.54, 1.807) is 12.1 Å². The minimum absolute atomic E-state index is 0.0375. The van der Waals surface area contributed by atoms with Gasteiger partial charge < -0.3 is 10.1 Å². The minimum Gasteiger partial charge on any atom is -0.406 e. The van der Waals surface area contributed by atoms with Gasteiger partial charge in [-0.1, -0.05) is 19.1 Å². The molecule has 1 aliphatic rings. The highest BCUT2D eigenvalue weighted by Gasteiger charge is 2.31. The van der Waals surface area contributed by atoms with Crippen LogP contribution in [-0.4, -0.2) is 60.3 Å². The van der Waals surface area contributed by atoms with E-state index < -0.39 is 6.36 Å². The zero-order valence-electron chi connectivity index (χ0n) is 16.1. The van der Waals surface area contributed by atoms with Crippen LogP contribution in [0.4, 0.5) is 13.2 Å². The van der Waals surface area contributed by atoms with Gasteiger partial charge in [-0.25, -0.2) is 0 Å². The van der Waals surface area contributed by atoms with Crippen molar-refractivity contribution < 1.29 is 22.7 Å². The van der Waals surface area contributed by atoms with Gasteiger partial charge in [-0.05, 0) is 38.0 Å². The van der Waals surface area contributed by atoms with Gasteiger partial charge in [0.15, 0.2) is 0 Å². The van der Waals surface area contributed by atoms with Crippen molar-refractivity contribution in [3.63, 3.8) is 0 Å². The molecule has 0 aromatic heterocycles. The number of hydrogen-bond acceptors (Lipinski definition) is 4. The third-order valence-electron chi connectivity index (χ3n) is 4.76. The normalized spacial score (nSPS) is 17.0. The number of nitrogens with one attached hydrogen (secondary N) is 1. The molecule has 1 fully saturated rings. The van der Waals surface area contributed by atoms with Crippen LogP contribution in [0.5, 0.6) is 5.75 Å². The van der Waals surface area contributed by atoms with E-state index in [0.29, 0.717) is 13.1 Å². The number of halogens is 3. The van der Waals surface area contributed by atoms with Gasteiger partial charge in [-0.3, -0.25) is 14.6 Å². The lowest BCUT2D eigenvalue weighted by atomic mass is 10.0. The molecule has 0 radical (unpaired) electrons. The molecule has 0 atom stereocenters. The van der Waals surface area contributed by atoms with E-state index in [9.17, 15) is 18.0 Å². The summed E-state index contributed by atoms with van der Waals surface area (Å²) in [5.74, 6) is -0.173. The summed E-state index contributed by atoms with van der Waals surface area (Å²) < 4.78 is 40.4. The number of ether oxygens (including phenoxy) is 1. The summed E-state index contributed by atoms with van der Waals surface area (Å²) in [4.78, 5) is 16.5. The fourth-order valence-electron chi connectivity index (χ4n) is 2.87. The van der Waals surface area contributed by atoms with Crippen LogP contribution in [-0.2, 0) is 11.3 Å². The van der Waals surface area contributed by atoms with Crippen molar-refractivity contribution in [3.8, 4) is 5.75 Å². The number of amides is 1. The average Bonchev–Trinajstić information content (AvgIpc) is 2.56. The van der Waals surface area contributed by atoms with Crippen molar-refractivity contribution in [2.45, 2.75) is 45.6 Å². The molecular weight excluding hydrogens is 359 g/mol. The predicted octanol–water partition coefficient (Wildman–Crippen LogP) is 3.01. The van der Waals surface area contributed by atoms with Gasteiger partial charge in [0.25, 0.3) is 0 Å². The molecular formula is C19H28F3N3O2. The molecule has 0 bridgehead atoms. The molecule has 0 spiro atoms. The molecule has 0 unspecified atom stereocenters. The Hall–Kier alpha value is -1.80. The van der Waals surface area contributed by atoms with E-state index in [1.165, 1.54) is 12.1 Å². The molecule has 1 aromatic carbocycles. The van der Waals surface area contributed by atoms with E-state index in [0.717, 1.165) is 38.2 Å². The van der Waals surface area contributed by atoms with Gasteiger partial charge in [0, 0.05) is 38.3 Å². The summed E-state index contributed by atoms with van der Waals surface area (Å²) in [6.07, 6.45) is -3.80. The Morgan fingerprint density at radius 1 is 1.07 bits per heavy atom. The van der Waals surface area contributed by atoms with Gasteiger partial charge in [0.05, 0.1) is 6.54 Å². The Labute approximate surface area is 158 Å². The standard InChI is InChI=1S/C19H28F3N3O2/c1-4-18(2,3)23-17(26)14-25-11-9-24(10-12-25)13-15-5-7-16(8-6-15)27-19(20,21)22/h5-8H,4,9-14H2,1-3H3,(H,23,26). The Kier molecular flexibility index (Phi) is 7.11. The number of carbonyl (C=O) groups excluding carboxylic acids is 1. The molecule has 1 amide bonds. The summed E-state index contributed by atoms with van der Waals surface area (Å²) in [6.45, 7) is 10.3. The van der Waals surface area contributed by atoms with Gasteiger partial charge in [-0.2, -0.15) is 0 Å². The number of hydrogen-bond donors (Lipinski definition) is 1. The first-order chi connectivity index (χ1) is 12.6. The van der Waals surface area contributed by atoms with Crippen molar-refractivity contribution in [1.29, 1.82) is 0 Å². The molecule has 1 aromatic rings. The molecule has 5 nitrogen and oxygen atoms in total. The molecule has 27 heavy (non-hydrogen) atoms. The predicted molar refractivity (Wildman–Crippen MR) is 97.4 cm³/mol. The smallest absolute Gasteiger partial charge is 0.406 e. The van der Waals surface area contributed by atoms with Gasteiger partial charge in [0.1, 0.15) is 5.75 Å². The first kappa shape index (κ1) is 21.5. The van der Waals surface area contributed by atoms with Crippen molar-refractivity contribution in [3.05, 3.63) is 29.8 Å². The van der Waals surface area contributed by atoms with Crippen LogP contribution in [0.2, 0.25) is 0 Å². The van der Waals surface area contributed by atoms with Crippen LogP contribution in [0.25, 0.3) is 0 Å². The second-order valence-corrected chi connectivity index (χ2v) is 7.53. The van der Waals surface area contributed by atoms with E-state index in [4.69, 9.17) is 0 Å². The number of alkyl halides is 3. The minimum atomic E-state index is -4.67. The van der Waals surface area contributed by atoms with E-state index >= 15 is 0 Å². The van der Waals surface area contributed by atoms with Crippen molar-refractivity contribution in [1.82, 2.24) is 15.1 Å². The lowest BCUT2D eigenvalue weighted by molar-refractivity contribution is -0.274. The number of benzene rings is 1. The largest absolute Gasteiger partial charge is 0.573 e. The molecule has 0 saturated carbocycles. The first-order valence-corrected chi connectivity index (χ1v) is 9.17. The zero-order chi connectivity index (χ0) is 20.1. The number of nitrogens with zero attached hydrogens (tertiary/aromatic N) is 2. The lowest BCUT2D eigenvalue weighted by Crippen LogP contribution is -2.52. The quantitative estimate of drug-likeness (QED) is 0.781. The van der Waals surface area contributed by atoms with E-state index in [1.807, 2.05) is 20.8 Å². The molecule has 8 heteroatoms. The third kappa shape index (κ3) is 7.76. The van der Waals surface area contributed by atoms with Crippen LogP contribution < -0.4 is 10.1 Å². The second-order valence-electron chi connectivity index (χ2n) is 7.53. The molecule has 1 N–H and O–H groups in total. The maximum absolute atomic E-state index is 12.2. The van der Waals surface area contributed by atoms with Gasteiger partial charge in [-0.15, -0.1) is 13.2 Å². The monoisotopic (exact) mass is 387 g/mol. The van der Waals surface area contributed by atoms with E-state index in [-0.39, 0.29) is 17.2 Å². The highest BCUT2D eigenvalue weighted by molar-refractivity contribution is 5.78. The second kappa shape index (κ2) is 8.93. The Balaban J connectivity index is 1.75. The zero-order valence-corrected chi connectivity index (χ0v) is 16.1. The topological polar surface area (TPSA) is 44.8 Å². The highest BCUT2D eigenvalue weighted by atomic mass is 19.4. The summed E-state index contributed by atoms with van der Waals surface area (Å²) in [7, 11) is 0. The fourth-order valence-corrected chi connectivity index (χ4v) is 2.87. The van der Waals surface area contributed by atoms with Crippen LogP contribution in [0.3, 0.4) is 0 Å². The number of piperazine rings is 1. The lowest BCUT2D eigenvalue weighted by Gasteiger charge is -2.35. The molecule has 0 aliphatic carbocycles. The summed E-state index contributed by atoms with van der Waals surface area (Å²) >= 11 is 0. The number of rotatable bonds is 7. The first-order valence-electron chi connectivity index (χ1n) is 9.17. The van der Waals surface area contributed by atoms with Crippen molar-refractivity contribution in [2.24, 2.45) is 0 Å². The number of carbonyl (C=O) groups is 1. The molecule has 1 heterocycles. The Morgan fingerprint density at radius 2 is 1.63 bits per heavy atom. The van der Waals surface area contributed by atoms with E-state index in [2.05, 4.69) is 19.9 Å². The van der Waals surface area contributed by atoms with Crippen molar-refractivity contribution >= 4 is 5.91 Å². The maximum atomic E-state index is 12.2. The summed E-state index contributed by atoms with van der Waals surface area (Å²) in [5.41, 5.74) is 0.737.